The molecule has 0 N–H and O–H groups in total. The average molecular weight is 294 g/mol. The lowest BCUT2D eigenvalue weighted by molar-refractivity contribution is 0.261. The van der Waals surface area contributed by atoms with Crippen molar-refractivity contribution in [2.75, 3.05) is 13.1 Å². The van der Waals surface area contributed by atoms with E-state index in [0.29, 0.717) is 0 Å². The smallest absolute Gasteiger partial charge is 0.0483 e. The second kappa shape index (κ2) is 5.92. The van der Waals surface area contributed by atoms with Gasteiger partial charge in [-0.05, 0) is 55.5 Å². The second-order valence-corrected chi connectivity index (χ2v) is 7.04. The predicted molar refractivity (Wildman–Crippen MR) is 91.8 cm³/mol. The van der Waals surface area contributed by atoms with Gasteiger partial charge in [0.1, 0.15) is 0 Å². The van der Waals surface area contributed by atoms with Crippen molar-refractivity contribution in [3.05, 3.63) is 47.7 Å². The maximum Gasteiger partial charge on any atom is 0.0483 e. The van der Waals surface area contributed by atoms with Crippen molar-refractivity contribution >= 4 is 0 Å². The van der Waals surface area contributed by atoms with E-state index in [-0.39, 0.29) is 0 Å². The topological polar surface area (TPSA) is 8.17 Å². The number of nitrogens with zero attached hydrogens (tertiary/aromatic N) is 2. The Morgan fingerprint density at radius 1 is 1.14 bits per heavy atom. The second-order valence-electron chi connectivity index (χ2n) is 7.04. The fourth-order valence-electron chi connectivity index (χ4n) is 3.81. The summed E-state index contributed by atoms with van der Waals surface area (Å²) < 4.78 is 2.43. The number of aromatic nitrogens is 1. The molecule has 0 unspecified atom stereocenters. The van der Waals surface area contributed by atoms with E-state index in [1.807, 2.05) is 0 Å². The first-order chi connectivity index (χ1) is 10.8. The molecule has 1 fully saturated rings. The molecule has 1 aromatic carbocycles. The van der Waals surface area contributed by atoms with Crippen LogP contribution in [0.5, 0.6) is 0 Å². The molecular weight excluding hydrogens is 268 g/mol. The van der Waals surface area contributed by atoms with Crippen molar-refractivity contribution in [3.63, 3.8) is 0 Å². The minimum absolute atomic E-state index is 1.04. The molecule has 0 bridgehead atoms. The molecule has 116 valence electrons. The molecule has 2 nitrogen and oxygen atoms in total. The Balaban J connectivity index is 1.57. The molecule has 0 radical (unpaired) electrons. The van der Waals surface area contributed by atoms with Crippen LogP contribution in [0.25, 0.3) is 11.3 Å². The van der Waals surface area contributed by atoms with Crippen molar-refractivity contribution in [1.29, 1.82) is 0 Å². The zero-order chi connectivity index (χ0) is 14.9. The quantitative estimate of drug-likeness (QED) is 0.819. The van der Waals surface area contributed by atoms with Gasteiger partial charge in [0.05, 0.1) is 0 Å². The minimum Gasteiger partial charge on any atom is -0.347 e. The van der Waals surface area contributed by atoms with E-state index in [2.05, 4.69) is 52.9 Å². The van der Waals surface area contributed by atoms with Gasteiger partial charge in [-0.2, -0.15) is 0 Å². The molecule has 1 aromatic heterocycles. The van der Waals surface area contributed by atoms with Crippen LogP contribution < -0.4 is 0 Å². The van der Waals surface area contributed by atoms with Crippen molar-refractivity contribution < 1.29 is 0 Å². The normalized spacial score (nSPS) is 19.0. The highest BCUT2D eigenvalue weighted by atomic mass is 15.1. The molecule has 2 aliphatic rings. The molecule has 1 saturated carbocycles. The van der Waals surface area contributed by atoms with Crippen molar-refractivity contribution in [3.8, 4) is 11.3 Å². The molecule has 2 heterocycles. The van der Waals surface area contributed by atoms with E-state index in [1.54, 1.807) is 11.3 Å². The Kier molecular flexibility index (Phi) is 3.79. The molecule has 1 aliphatic carbocycles. The molecule has 0 saturated heterocycles. The molecule has 0 amide bonds. The van der Waals surface area contributed by atoms with Crippen LogP contribution in [0.1, 0.15) is 36.9 Å². The lowest BCUT2D eigenvalue weighted by Gasteiger charge is -2.19. The van der Waals surface area contributed by atoms with Crippen LogP contribution in [-0.2, 0) is 20.0 Å². The van der Waals surface area contributed by atoms with Gasteiger partial charge in [-0.1, -0.05) is 43.2 Å². The third-order valence-electron chi connectivity index (χ3n) is 5.35. The number of hydrogen-bond donors (Lipinski definition) is 0. The van der Waals surface area contributed by atoms with Gasteiger partial charge >= 0.3 is 0 Å². The minimum atomic E-state index is 1.04. The standard InChI is InChI=1S/C20H26N2/c1-21-19-8-5-12-22(13-11-16-9-10-16)15-18(19)14-20(21)17-6-3-2-4-7-17/h2-4,6-7,14,16H,5,8-13,15H2,1H3. The van der Waals surface area contributed by atoms with Gasteiger partial charge < -0.3 is 4.57 Å². The summed E-state index contributed by atoms with van der Waals surface area (Å²) in [6, 6.07) is 13.2. The Morgan fingerprint density at radius 3 is 2.73 bits per heavy atom. The summed E-state index contributed by atoms with van der Waals surface area (Å²) in [6.07, 6.45) is 6.88. The third-order valence-corrected chi connectivity index (χ3v) is 5.35. The Morgan fingerprint density at radius 2 is 1.95 bits per heavy atom. The number of fused-ring (bicyclic) bond motifs is 1. The van der Waals surface area contributed by atoms with Crippen LogP contribution in [0, 0.1) is 5.92 Å². The van der Waals surface area contributed by atoms with E-state index in [4.69, 9.17) is 0 Å². The van der Waals surface area contributed by atoms with Crippen LogP contribution >= 0.6 is 0 Å². The molecule has 2 heteroatoms. The van der Waals surface area contributed by atoms with Crippen LogP contribution in [-0.4, -0.2) is 22.6 Å². The summed E-state index contributed by atoms with van der Waals surface area (Å²) in [5.41, 5.74) is 5.81. The molecule has 22 heavy (non-hydrogen) atoms. The van der Waals surface area contributed by atoms with Gasteiger partial charge in [0.15, 0.2) is 0 Å². The van der Waals surface area contributed by atoms with Crippen LogP contribution in [0.15, 0.2) is 36.4 Å². The van der Waals surface area contributed by atoms with Gasteiger partial charge in [0, 0.05) is 25.0 Å². The first-order valence-electron chi connectivity index (χ1n) is 8.76. The molecular formula is C20H26N2. The average Bonchev–Trinajstić information content (AvgIpc) is 3.34. The Hall–Kier alpha value is -1.54. The van der Waals surface area contributed by atoms with Crippen LogP contribution in [0.2, 0.25) is 0 Å². The molecule has 1 aliphatic heterocycles. The number of benzene rings is 1. The number of hydrogen-bond acceptors (Lipinski definition) is 1. The highest BCUT2D eigenvalue weighted by Gasteiger charge is 2.24. The van der Waals surface area contributed by atoms with E-state index in [1.165, 1.54) is 56.5 Å². The summed E-state index contributed by atoms with van der Waals surface area (Å²) in [6.45, 7) is 3.70. The van der Waals surface area contributed by atoms with E-state index < -0.39 is 0 Å². The summed E-state index contributed by atoms with van der Waals surface area (Å²) in [5.74, 6) is 1.04. The summed E-state index contributed by atoms with van der Waals surface area (Å²) in [5, 5.41) is 0. The van der Waals surface area contributed by atoms with E-state index >= 15 is 0 Å². The summed E-state index contributed by atoms with van der Waals surface area (Å²) in [7, 11) is 2.24. The number of rotatable bonds is 4. The third kappa shape index (κ3) is 2.85. The largest absolute Gasteiger partial charge is 0.347 e. The summed E-state index contributed by atoms with van der Waals surface area (Å²) in [4.78, 5) is 2.68. The van der Waals surface area contributed by atoms with Gasteiger partial charge in [-0.25, -0.2) is 0 Å². The van der Waals surface area contributed by atoms with Crippen LogP contribution in [0.3, 0.4) is 0 Å². The molecule has 0 atom stereocenters. The van der Waals surface area contributed by atoms with Crippen LogP contribution in [0.4, 0.5) is 0 Å². The van der Waals surface area contributed by atoms with Gasteiger partial charge in [-0.15, -0.1) is 0 Å². The van der Waals surface area contributed by atoms with Gasteiger partial charge in [0.2, 0.25) is 0 Å². The zero-order valence-corrected chi connectivity index (χ0v) is 13.6. The van der Waals surface area contributed by atoms with Crippen molar-refractivity contribution in [2.45, 2.75) is 38.6 Å². The zero-order valence-electron chi connectivity index (χ0n) is 13.6. The van der Waals surface area contributed by atoms with Gasteiger partial charge in [0.25, 0.3) is 0 Å². The first kappa shape index (κ1) is 14.1. The van der Waals surface area contributed by atoms with Crippen molar-refractivity contribution in [2.24, 2.45) is 13.0 Å². The van der Waals surface area contributed by atoms with Gasteiger partial charge in [-0.3, -0.25) is 4.90 Å². The first-order valence-corrected chi connectivity index (χ1v) is 8.76. The molecule has 2 aromatic rings. The highest BCUT2D eigenvalue weighted by Crippen LogP contribution is 2.33. The Labute approximate surface area is 133 Å². The monoisotopic (exact) mass is 294 g/mol. The van der Waals surface area contributed by atoms with Crippen molar-refractivity contribution in [1.82, 2.24) is 9.47 Å². The summed E-state index contributed by atoms with van der Waals surface area (Å²) >= 11 is 0. The molecule has 4 rings (SSSR count). The Bertz CT molecular complexity index is 637. The lowest BCUT2D eigenvalue weighted by Crippen LogP contribution is -2.24. The fourth-order valence-corrected chi connectivity index (χ4v) is 3.81. The lowest BCUT2D eigenvalue weighted by atomic mass is 10.1. The maximum atomic E-state index is 2.68. The van der Waals surface area contributed by atoms with E-state index in [0.717, 1.165) is 12.5 Å². The fraction of sp³-hybridized carbons (Fsp3) is 0.500. The molecule has 0 spiro atoms. The van der Waals surface area contributed by atoms with E-state index in [9.17, 15) is 0 Å². The SMILES string of the molecule is Cn1c(-c2ccccc2)cc2c1CCCN(CCC1CC1)C2. The maximum absolute atomic E-state index is 2.68. The predicted octanol–water partition coefficient (Wildman–Crippen LogP) is 4.24. The highest BCUT2D eigenvalue weighted by molar-refractivity contribution is 5.62.